The van der Waals surface area contributed by atoms with Gasteiger partial charge in [-0.25, -0.2) is 19.3 Å². The first-order valence-corrected chi connectivity index (χ1v) is 14.3. The Kier molecular flexibility index (Phi) is 7.09. The Morgan fingerprint density at radius 1 is 1.20 bits per heavy atom. The molecule has 0 radical (unpaired) electrons. The molecule has 41 heavy (non-hydrogen) atoms. The molecular weight excluding hydrogens is 514 g/mol. The molecule has 1 aliphatic carbocycles. The van der Waals surface area contributed by atoms with E-state index in [1.165, 1.54) is 22.3 Å². The molecule has 0 amide bonds. The predicted octanol–water partition coefficient (Wildman–Crippen LogP) is 5.13. The highest BCUT2D eigenvalue weighted by atomic mass is 16.5. The highest BCUT2D eigenvalue weighted by Gasteiger charge is 2.39. The molecule has 0 spiro atoms. The molecule has 1 N–H and O–H groups in total. The first-order chi connectivity index (χ1) is 19.9. The van der Waals surface area contributed by atoms with Crippen molar-refractivity contribution < 1.29 is 4.74 Å². The maximum absolute atomic E-state index is 13.4. The second-order valence-electron chi connectivity index (χ2n) is 11.0. The summed E-state index contributed by atoms with van der Waals surface area (Å²) in [5, 5.41) is 3.78. The molecule has 3 aromatic heterocycles. The van der Waals surface area contributed by atoms with E-state index < -0.39 is 5.60 Å². The number of benzene rings is 1. The fourth-order valence-corrected chi connectivity index (χ4v) is 6.19. The number of pyridine rings is 1. The summed E-state index contributed by atoms with van der Waals surface area (Å²) in [4.78, 5) is 30.2. The van der Waals surface area contributed by atoms with E-state index in [1.54, 1.807) is 28.7 Å². The summed E-state index contributed by atoms with van der Waals surface area (Å²) in [6, 6.07) is 10.4. The zero-order chi connectivity index (χ0) is 28.7. The fourth-order valence-electron chi connectivity index (χ4n) is 6.19. The topological polar surface area (TPSA) is 90.1 Å². The molecule has 0 unspecified atom stereocenters. The van der Waals surface area contributed by atoms with E-state index in [9.17, 15) is 4.79 Å². The Morgan fingerprint density at radius 2 is 2.05 bits per heavy atom. The number of hydrogen-bond acceptors (Lipinski definition) is 7. The normalized spacial score (nSPS) is 18.9. The molecule has 2 aliphatic rings. The maximum Gasteiger partial charge on any atom is 0.278 e. The van der Waals surface area contributed by atoms with E-state index >= 15 is 0 Å². The van der Waals surface area contributed by atoms with Crippen LogP contribution in [-0.2, 0) is 23.3 Å². The molecule has 4 heterocycles. The van der Waals surface area contributed by atoms with Gasteiger partial charge in [0.1, 0.15) is 11.0 Å². The second kappa shape index (κ2) is 10.7. The molecule has 212 valence electrons. The van der Waals surface area contributed by atoms with E-state index in [1.807, 2.05) is 6.07 Å². The average molecular weight is 552 g/mol. The number of aryl methyl sites for hydroxylation is 2. The van der Waals surface area contributed by atoms with Crippen LogP contribution in [0.2, 0.25) is 0 Å². The molecule has 9 nitrogen and oxygen atoms in total. The third-order valence-corrected chi connectivity index (χ3v) is 8.59. The Labute approximate surface area is 240 Å². The Balaban J connectivity index is 1.40. The van der Waals surface area contributed by atoms with Crippen LogP contribution in [0, 0.1) is 6.92 Å². The standard InChI is InChI=1S/C32H37N7O2/c1-6-16-38-30(40)26-20-33-31(34-24-9-10-25(21(3)19-24)22-13-17-37(4)18-14-22)36-29(26)39(38)27-11-8-23-12-15-32(7-2,41-5)28(23)35-27/h6,8-11,13,19-20H,1,7,12,14-18H2,2-5H3,(H,33,34,36)/t32-/m0/s1. The van der Waals surface area contributed by atoms with Gasteiger partial charge in [-0.05, 0) is 80.1 Å². The number of nitrogens with one attached hydrogen (secondary N) is 1. The van der Waals surface area contributed by atoms with Gasteiger partial charge in [0.2, 0.25) is 5.95 Å². The van der Waals surface area contributed by atoms with Crippen LogP contribution in [0.15, 0.2) is 60.1 Å². The molecular formula is C32H37N7O2. The SMILES string of the molecule is C=CCn1c(=O)c2cnc(Nc3ccc(C4=CCN(C)CC4)c(C)c3)nc2n1-c1ccc2c(n1)[C@@](CC)(OC)CC2. The number of likely N-dealkylation sites (N-methyl/N-ethyl adjacent to an activating group) is 1. The quantitative estimate of drug-likeness (QED) is 0.304. The average Bonchev–Trinajstić information content (AvgIpc) is 3.48. The van der Waals surface area contributed by atoms with Crippen LogP contribution < -0.4 is 10.9 Å². The van der Waals surface area contributed by atoms with Crippen LogP contribution in [0.4, 0.5) is 11.6 Å². The Bertz CT molecular complexity index is 1730. The number of fused-ring (bicyclic) bond motifs is 2. The number of methoxy groups -OCH3 is 1. The minimum atomic E-state index is -0.423. The number of aromatic nitrogens is 5. The van der Waals surface area contributed by atoms with Gasteiger partial charge in [0, 0.05) is 32.1 Å². The van der Waals surface area contributed by atoms with Crippen LogP contribution in [0.5, 0.6) is 0 Å². The minimum absolute atomic E-state index is 0.186. The largest absolute Gasteiger partial charge is 0.372 e. The second-order valence-corrected chi connectivity index (χ2v) is 11.0. The van der Waals surface area contributed by atoms with Crippen LogP contribution >= 0.6 is 0 Å². The summed E-state index contributed by atoms with van der Waals surface area (Å²) in [7, 11) is 3.89. The third-order valence-electron chi connectivity index (χ3n) is 8.59. The van der Waals surface area contributed by atoms with Gasteiger partial charge < -0.3 is 15.0 Å². The summed E-state index contributed by atoms with van der Waals surface area (Å²) in [5.41, 5.74) is 6.74. The summed E-state index contributed by atoms with van der Waals surface area (Å²) in [5.74, 6) is 1.03. The van der Waals surface area contributed by atoms with E-state index in [0.29, 0.717) is 29.3 Å². The van der Waals surface area contributed by atoms with E-state index in [2.05, 4.69) is 73.0 Å². The summed E-state index contributed by atoms with van der Waals surface area (Å²) in [6.07, 6.45) is 9.27. The number of nitrogens with zero attached hydrogens (tertiary/aromatic N) is 6. The van der Waals surface area contributed by atoms with Gasteiger partial charge in [-0.2, -0.15) is 4.98 Å². The summed E-state index contributed by atoms with van der Waals surface area (Å²) >= 11 is 0. The van der Waals surface area contributed by atoms with Crippen LogP contribution in [-0.4, -0.2) is 56.5 Å². The van der Waals surface area contributed by atoms with Crippen molar-refractivity contribution in [2.75, 3.05) is 32.6 Å². The summed E-state index contributed by atoms with van der Waals surface area (Å²) < 4.78 is 9.37. The van der Waals surface area contributed by atoms with Gasteiger partial charge in [-0.1, -0.05) is 31.2 Å². The first-order valence-electron chi connectivity index (χ1n) is 14.3. The van der Waals surface area contributed by atoms with Gasteiger partial charge in [-0.3, -0.25) is 4.79 Å². The smallest absolute Gasteiger partial charge is 0.278 e. The van der Waals surface area contributed by atoms with Crippen molar-refractivity contribution in [1.82, 2.24) is 29.2 Å². The number of rotatable bonds is 8. The molecule has 1 atom stereocenters. The molecule has 4 aromatic rings. The Hall–Kier alpha value is -4.08. The number of allylic oxidation sites excluding steroid dienone is 1. The van der Waals surface area contributed by atoms with Crippen LogP contribution in [0.1, 0.15) is 48.6 Å². The fraction of sp³-hybridized carbons (Fsp3) is 0.375. The van der Waals surface area contributed by atoms with Gasteiger partial charge in [0.25, 0.3) is 5.56 Å². The molecule has 1 aliphatic heterocycles. The molecule has 0 bridgehead atoms. The number of ether oxygens (including phenoxy) is 1. The third kappa shape index (κ3) is 4.69. The van der Waals surface area contributed by atoms with Crippen molar-refractivity contribution in [2.24, 2.45) is 0 Å². The van der Waals surface area contributed by atoms with Gasteiger partial charge in [-0.15, -0.1) is 6.58 Å². The summed E-state index contributed by atoms with van der Waals surface area (Å²) in [6.45, 7) is 10.5. The van der Waals surface area contributed by atoms with E-state index in [4.69, 9.17) is 14.7 Å². The predicted molar refractivity (Wildman–Crippen MR) is 163 cm³/mol. The van der Waals surface area contributed by atoms with Crippen molar-refractivity contribution in [3.05, 3.63) is 88.0 Å². The van der Waals surface area contributed by atoms with Crippen LogP contribution in [0.25, 0.3) is 22.4 Å². The first kappa shape index (κ1) is 27.1. The lowest BCUT2D eigenvalue weighted by Gasteiger charge is -2.26. The van der Waals surface area contributed by atoms with Crippen molar-refractivity contribution in [3.8, 4) is 5.82 Å². The van der Waals surface area contributed by atoms with Gasteiger partial charge in [0.05, 0.1) is 12.2 Å². The number of hydrogen-bond donors (Lipinski definition) is 1. The molecule has 9 heteroatoms. The number of anilines is 2. The van der Waals surface area contributed by atoms with Crippen LogP contribution in [0.3, 0.4) is 0 Å². The molecule has 0 fully saturated rings. The van der Waals surface area contributed by atoms with Gasteiger partial charge in [0.15, 0.2) is 11.5 Å². The van der Waals surface area contributed by atoms with Crippen molar-refractivity contribution in [1.29, 1.82) is 0 Å². The van der Waals surface area contributed by atoms with E-state index in [-0.39, 0.29) is 5.56 Å². The minimum Gasteiger partial charge on any atom is -0.372 e. The van der Waals surface area contributed by atoms with Crippen molar-refractivity contribution in [3.63, 3.8) is 0 Å². The lowest BCUT2D eigenvalue weighted by Crippen LogP contribution is -2.27. The van der Waals surface area contributed by atoms with Crippen molar-refractivity contribution >= 4 is 28.2 Å². The monoisotopic (exact) mass is 551 g/mol. The zero-order valence-corrected chi connectivity index (χ0v) is 24.3. The highest BCUT2D eigenvalue weighted by molar-refractivity contribution is 5.77. The Morgan fingerprint density at radius 3 is 2.76 bits per heavy atom. The lowest BCUT2D eigenvalue weighted by molar-refractivity contribution is -0.0198. The maximum atomic E-state index is 13.4. The van der Waals surface area contributed by atoms with Crippen molar-refractivity contribution in [2.45, 2.75) is 51.7 Å². The molecule has 6 rings (SSSR count). The lowest BCUT2D eigenvalue weighted by atomic mass is 9.95. The molecule has 0 saturated carbocycles. The van der Waals surface area contributed by atoms with E-state index in [0.717, 1.165) is 50.2 Å². The highest BCUT2D eigenvalue weighted by Crippen LogP contribution is 2.41. The molecule has 1 aromatic carbocycles. The zero-order valence-electron chi connectivity index (χ0n) is 24.3. The van der Waals surface area contributed by atoms with Gasteiger partial charge >= 0.3 is 0 Å². The molecule has 0 saturated heterocycles.